The summed E-state index contributed by atoms with van der Waals surface area (Å²) < 4.78 is 27.3. The predicted molar refractivity (Wildman–Crippen MR) is 107 cm³/mol. The number of aryl methyl sites for hydroxylation is 2. The van der Waals surface area contributed by atoms with Crippen molar-refractivity contribution in [2.45, 2.75) is 31.6 Å². The molecule has 2 aromatic rings. The Kier molecular flexibility index (Phi) is 5.89. The Hall–Kier alpha value is -1.89. The highest BCUT2D eigenvalue weighted by molar-refractivity contribution is 7.89. The maximum atomic E-state index is 13.0. The molecule has 1 saturated heterocycles. The standard InChI is InChI=1S/C20H23ClN2O3S/c1-14-5-8-17(9-6-14)22-20(24)16-4-3-11-23(13-16)27(25,26)18-10-7-15(2)19(21)12-18/h5-10,12,16H,3-4,11,13H2,1-2H3,(H,22,24). The lowest BCUT2D eigenvalue weighted by Gasteiger charge is -2.31. The van der Waals surface area contributed by atoms with Gasteiger partial charge in [-0.2, -0.15) is 4.31 Å². The van der Waals surface area contributed by atoms with Crippen molar-refractivity contribution in [3.63, 3.8) is 0 Å². The van der Waals surface area contributed by atoms with Crippen LogP contribution in [0.25, 0.3) is 0 Å². The van der Waals surface area contributed by atoms with Crippen molar-refractivity contribution in [1.29, 1.82) is 0 Å². The fourth-order valence-corrected chi connectivity index (χ4v) is 4.93. The lowest BCUT2D eigenvalue weighted by molar-refractivity contribution is -0.120. The highest BCUT2D eigenvalue weighted by Gasteiger charge is 2.33. The van der Waals surface area contributed by atoms with Crippen molar-refractivity contribution in [3.05, 3.63) is 58.6 Å². The fraction of sp³-hybridized carbons (Fsp3) is 0.350. The Morgan fingerprint density at radius 1 is 1.15 bits per heavy atom. The molecule has 144 valence electrons. The summed E-state index contributed by atoms with van der Waals surface area (Å²) >= 11 is 6.09. The molecule has 0 radical (unpaired) electrons. The smallest absolute Gasteiger partial charge is 0.243 e. The normalized spacial score (nSPS) is 18.3. The molecule has 1 aliphatic rings. The van der Waals surface area contributed by atoms with Crippen LogP contribution in [-0.4, -0.2) is 31.7 Å². The molecule has 7 heteroatoms. The zero-order valence-corrected chi connectivity index (χ0v) is 17.0. The Bertz CT molecular complexity index is 942. The van der Waals surface area contributed by atoms with Gasteiger partial charge in [0.15, 0.2) is 0 Å². The van der Waals surface area contributed by atoms with E-state index in [1.807, 2.05) is 38.1 Å². The second-order valence-electron chi connectivity index (χ2n) is 6.97. The van der Waals surface area contributed by atoms with Crippen LogP contribution in [0, 0.1) is 19.8 Å². The van der Waals surface area contributed by atoms with Gasteiger partial charge in [-0.1, -0.05) is 35.4 Å². The highest BCUT2D eigenvalue weighted by atomic mass is 35.5. The third-order valence-electron chi connectivity index (χ3n) is 4.86. The minimum absolute atomic E-state index is 0.152. The number of rotatable bonds is 4. The molecule has 0 saturated carbocycles. The molecule has 2 aromatic carbocycles. The summed E-state index contributed by atoms with van der Waals surface area (Å²) in [6.45, 7) is 4.38. The highest BCUT2D eigenvalue weighted by Crippen LogP contribution is 2.27. The minimum atomic E-state index is -3.68. The Balaban J connectivity index is 1.73. The zero-order chi connectivity index (χ0) is 19.6. The number of amides is 1. The van der Waals surface area contributed by atoms with Gasteiger partial charge in [-0.15, -0.1) is 0 Å². The Morgan fingerprint density at radius 3 is 2.52 bits per heavy atom. The monoisotopic (exact) mass is 406 g/mol. The molecule has 1 unspecified atom stereocenters. The number of piperidine rings is 1. The van der Waals surface area contributed by atoms with Gasteiger partial charge in [0, 0.05) is 23.8 Å². The molecular formula is C20H23ClN2O3S. The van der Waals surface area contributed by atoms with E-state index in [0.29, 0.717) is 24.4 Å². The van der Waals surface area contributed by atoms with Gasteiger partial charge in [-0.05, 0) is 56.5 Å². The fourth-order valence-electron chi connectivity index (χ4n) is 3.14. The second-order valence-corrected chi connectivity index (χ2v) is 9.31. The van der Waals surface area contributed by atoms with Gasteiger partial charge in [0.2, 0.25) is 15.9 Å². The lowest BCUT2D eigenvalue weighted by Crippen LogP contribution is -2.43. The third-order valence-corrected chi connectivity index (χ3v) is 7.12. The Morgan fingerprint density at radius 2 is 1.85 bits per heavy atom. The molecule has 0 aliphatic carbocycles. The molecule has 0 spiro atoms. The third kappa shape index (κ3) is 4.51. The molecule has 0 aromatic heterocycles. The first kappa shape index (κ1) is 19.9. The van der Waals surface area contributed by atoms with Crippen molar-refractivity contribution in [2.24, 2.45) is 5.92 Å². The molecule has 27 heavy (non-hydrogen) atoms. The van der Waals surface area contributed by atoms with Crippen molar-refractivity contribution in [1.82, 2.24) is 4.31 Å². The second kappa shape index (κ2) is 8.00. The first-order valence-corrected chi connectivity index (χ1v) is 10.7. The van der Waals surface area contributed by atoms with Crippen LogP contribution in [0.1, 0.15) is 24.0 Å². The van der Waals surface area contributed by atoms with E-state index in [1.54, 1.807) is 12.1 Å². The quantitative estimate of drug-likeness (QED) is 0.834. The van der Waals surface area contributed by atoms with Crippen LogP contribution in [0.2, 0.25) is 5.02 Å². The molecule has 5 nitrogen and oxygen atoms in total. The summed E-state index contributed by atoms with van der Waals surface area (Å²) in [6, 6.07) is 12.3. The number of anilines is 1. The number of hydrogen-bond acceptors (Lipinski definition) is 3. The average Bonchev–Trinajstić information content (AvgIpc) is 2.66. The van der Waals surface area contributed by atoms with Gasteiger partial charge in [0.25, 0.3) is 0 Å². The summed E-state index contributed by atoms with van der Waals surface area (Å²) in [5.74, 6) is -0.531. The van der Waals surface area contributed by atoms with E-state index in [-0.39, 0.29) is 23.3 Å². The van der Waals surface area contributed by atoms with E-state index >= 15 is 0 Å². The SMILES string of the molecule is Cc1ccc(NC(=O)C2CCCN(S(=O)(=O)c3ccc(C)c(Cl)c3)C2)cc1. The average molecular weight is 407 g/mol. The molecule has 1 N–H and O–H groups in total. The molecule has 1 atom stereocenters. The van der Waals surface area contributed by atoms with E-state index in [4.69, 9.17) is 11.6 Å². The van der Waals surface area contributed by atoms with Crippen LogP contribution in [-0.2, 0) is 14.8 Å². The predicted octanol–water partition coefficient (Wildman–Crippen LogP) is 4.00. The number of hydrogen-bond donors (Lipinski definition) is 1. The summed E-state index contributed by atoms with van der Waals surface area (Å²) in [6.07, 6.45) is 1.31. The molecule has 1 fully saturated rings. The number of carbonyl (C=O) groups excluding carboxylic acids is 1. The first-order valence-electron chi connectivity index (χ1n) is 8.91. The molecule has 1 amide bonds. The van der Waals surface area contributed by atoms with Crippen LogP contribution < -0.4 is 5.32 Å². The molecular weight excluding hydrogens is 384 g/mol. The summed E-state index contributed by atoms with van der Waals surface area (Å²) in [7, 11) is -3.68. The number of benzene rings is 2. The van der Waals surface area contributed by atoms with Crippen LogP contribution in [0.3, 0.4) is 0 Å². The van der Waals surface area contributed by atoms with E-state index < -0.39 is 10.0 Å². The van der Waals surface area contributed by atoms with Gasteiger partial charge >= 0.3 is 0 Å². The minimum Gasteiger partial charge on any atom is -0.326 e. The zero-order valence-electron chi connectivity index (χ0n) is 15.4. The summed E-state index contributed by atoms with van der Waals surface area (Å²) in [5, 5.41) is 3.30. The van der Waals surface area contributed by atoms with Crippen molar-refractivity contribution >= 4 is 33.2 Å². The van der Waals surface area contributed by atoms with Gasteiger partial charge in [-0.25, -0.2) is 8.42 Å². The number of carbonyl (C=O) groups is 1. The maximum absolute atomic E-state index is 13.0. The van der Waals surface area contributed by atoms with Crippen molar-refractivity contribution in [2.75, 3.05) is 18.4 Å². The number of nitrogens with zero attached hydrogens (tertiary/aromatic N) is 1. The Labute approximate surface area is 165 Å². The van der Waals surface area contributed by atoms with Crippen molar-refractivity contribution in [3.8, 4) is 0 Å². The molecule has 1 aliphatic heterocycles. The largest absolute Gasteiger partial charge is 0.326 e. The molecule has 3 rings (SSSR count). The van der Waals surface area contributed by atoms with Gasteiger partial charge in [0.05, 0.1) is 10.8 Å². The van der Waals surface area contributed by atoms with Gasteiger partial charge in [0.1, 0.15) is 0 Å². The van der Waals surface area contributed by atoms with E-state index in [0.717, 1.165) is 16.8 Å². The van der Waals surface area contributed by atoms with Gasteiger partial charge < -0.3 is 5.32 Å². The molecule has 1 heterocycles. The first-order chi connectivity index (χ1) is 12.8. The van der Waals surface area contributed by atoms with Crippen LogP contribution in [0.4, 0.5) is 5.69 Å². The van der Waals surface area contributed by atoms with E-state index in [1.165, 1.54) is 10.4 Å². The number of halogens is 1. The molecule has 0 bridgehead atoms. The summed E-state index contributed by atoms with van der Waals surface area (Å²) in [5.41, 5.74) is 2.65. The lowest BCUT2D eigenvalue weighted by atomic mass is 9.98. The van der Waals surface area contributed by atoms with Crippen LogP contribution >= 0.6 is 11.6 Å². The van der Waals surface area contributed by atoms with E-state index in [9.17, 15) is 13.2 Å². The summed E-state index contributed by atoms with van der Waals surface area (Å²) in [4.78, 5) is 12.8. The van der Waals surface area contributed by atoms with Crippen molar-refractivity contribution < 1.29 is 13.2 Å². The number of sulfonamides is 1. The maximum Gasteiger partial charge on any atom is 0.243 e. The van der Waals surface area contributed by atoms with Crippen LogP contribution in [0.15, 0.2) is 47.4 Å². The van der Waals surface area contributed by atoms with E-state index in [2.05, 4.69) is 5.32 Å². The number of nitrogens with one attached hydrogen (secondary N) is 1. The van der Waals surface area contributed by atoms with Gasteiger partial charge in [-0.3, -0.25) is 4.79 Å². The topological polar surface area (TPSA) is 66.5 Å². The van der Waals surface area contributed by atoms with Crippen LogP contribution in [0.5, 0.6) is 0 Å².